The molecular weight excluding hydrogens is 260 g/mol. The number of aromatic nitrogens is 2. The lowest BCUT2D eigenvalue weighted by atomic mass is 9.92. The van der Waals surface area contributed by atoms with Crippen LogP contribution in [0.5, 0.6) is 0 Å². The van der Waals surface area contributed by atoms with Crippen molar-refractivity contribution in [3.8, 4) is 0 Å². The van der Waals surface area contributed by atoms with E-state index in [0.717, 1.165) is 18.3 Å². The minimum atomic E-state index is 0.154. The highest BCUT2D eigenvalue weighted by molar-refractivity contribution is 5.40. The highest BCUT2D eigenvalue weighted by Crippen LogP contribution is 2.63. The molecule has 1 saturated carbocycles. The molecule has 110 valence electrons. The number of rotatable bonds is 4. The quantitative estimate of drug-likeness (QED) is 0.668. The van der Waals surface area contributed by atoms with Crippen molar-refractivity contribution in [2.24, 2.45) is 17.7 Å². The molecule has 1 heterocycles. The van der Waals surface area contributed by atoms with Crippen LogP contribution >= 0.6 is 0 Å². The highest BCUT2D eigenvalue weighted by Gasteiger charge is 2.57. The number of nitrogens with zero attached hydrogens (tertiary/aromatic N) is 2. The van der Waals surface area contributed by atoms with E-state index in [1.807, 2.05) is 12.4 Å². The molecule has 0 radical (unpaired) electrons. The molecule has 3 N–H and O–H groups in total. The van der Waals surface area contributed by atoms with Gasteiger partial charge in [-0.3, -0.25) is 5.84 Å². The normalized spacial score (nSPS) is 27.8. The fourth-order valence-corrected chi connectivity index (χ4v) is 4.30. The number of hydrazine groups is 1. The first-order valence-electron chi connectivity index (χ1n) is 7.90. The van der Waals surface area contributed by atoms with Crippen molar-refractivity contribution in [2.45, 2.75) is 38.3 Å². The third kappa shape index (κ3) is 1.93. The van der Waals surface area contributed by atoms with Crippen LogP contribution in [0.4, 0.5) is 0 Å². The Kier molecular flexibility index (Phi) is 3.08. The molecule has 2 aliphatic carbocycles. The van der Waals surface area contributed by atoms with E-state index in [0.29, 0.717) is 11.8 Å². The first kappa shape index (κ1) is 13.0. The second kappa shape index (κ2) is 4.97. The fraction of sp³-hybridized carbons (Fsp3) is 0.471. The van der Waals surface area contributed by atoms with Gasteiger partial charge in [0.2, 0.25) is 0 Å². The zero-order chi connectivity index (χ0) is 14.4. The maximum absolute atomic E-state index is 5.90. The summed E-state index contributed by atoms with van der Waals surface area (Å²) in [7, 11) is 0. The summed E-state index contributed by atoms with van der Waals surface area (Å²) in [4.78, 5) is 4.55. The van der Waals surface area contributed by atoms with Gasteiger partial charge in [0.15, 0.2) is 0 Å². The molecule has 0 aliphatic heterocycles. The van der Waals surface area contributed by atoms with E-state index in [4.69, 9.17) is 5.84 Å². The van der Waals surface area contributed by atoms with Gasteiger partial charge in [0, 0.05) is 18.9 Å². The maximum atomic E-state index is 5.90. The van der Waals surface area contributed by atoms with Gasteiger partial charge in [-0.15, -0.1) is 0 Å². The Morgan fingerprint density at radius 3 is 3.10 bits per heavy atom. The molecule has 4 heteroatoms. The van der Waals surface area contributed by atoms with E-state index in [9.17, 15) is 0 Å². The van der Waals surface area contributed by atoms with Crippen LogP contribution < -0.4 is 11.3 Å². The Bertz CT molecular complexity index is 648. The Morgan fingerprint density at radius 1 is 1.43 bits per heavy atom. The molecule has 2 aromatic rings. The van der Waals surface area contributed by atoms with E-state index in [1.165, 1.54) is 24.0 Å². The number of nitrogens with two attached hydrogens (primary N) is 1. The highest BCUT2D eigenvalue weighted by atomic mass is 15.3. The summed E-state index contributed by atoms with van der Waals surface area (Å²) < 4.78 is 2.20. The average molecular weight is 282 g/mol. The Hall–Kier alpha value is -1.65. The SMILES string of the molecule is CCn1ccnc1C(NN)C1C2CCc3ccccc3C21. The molecule has 0 spiro atoms. The van der Waals surface area contributed by atoms with E-state index >= 15 is 0 Å². The van der Waals surface area contributed by atoms with Crippen molar-refractivity contribution in [3.05, 3.63) is 53.6 Å². The Labute approximate surface area is 125 Å². The smallest absolute Gasteiger partial charge is 0.127 e. The number of hydrogen-bond acceptors (Lipinski definition) is 3. The summed E-state index contributed by atoms with van der Waals surface area (Å²) in [5.41, 5.74) is 6.10. The van der Waals surface area contributed by atoms with Gasteiger partial charge in [-0.05, 0) is 48.6 Å². The van der Waals surface area contributed by atoms with Crippen LogP contribution in [-0.4, -0.2) is 9.55 Å². The van der Waals surface area contributed by atoms with Gasteiger partial charge >= 0.3 is 0 Å². The Morgan fingerprint density at radius 2 is 2.29 bits per heavy atom. The number of imidazole rings is 1. The number of aryl methyl sites for hydroxylation is 2. The van der Waals surface area contributed by atoms with Gasteiger partial charge < -0.3 is 4.57 Å². The molecule has 1 fully saturated rings. The first-order chi connectivity index (χ1) is 10.3. The standard InChI is InChI=1S/C17H22N4/c1-2-21-10-9-19-17(21)16(20-18)15-13-8-7-11-5-3-4-6-12(11)14(13)15/h3-6,9-10,13-16,20H,2,7-8,18H2,1H3. The van der Waals surface area contributed by atoms with Crippen LogP contribution in [0.1, 0.15) is 42.3 Å². The molecule has 0 bridgehead atoms. The number of fused-ring (bicyclic) bond motifs is 3. The minimum Gasteiger partial charge on any atom is -0.334 e. The third-order valence-electron chi connectivity index (χ3n) is 5.32. The van der Waals surface area contributed by atoms with Crippen LogP contribution in [0.25, 0.3) is 0 Å². The van der Waals surface area contributed by atoms with E-state index < -0.39 is 0 Å². The number of benzene rings is 1. The third-order valence-corrected chi connectivity index (χ3v) is 5.32. The summed E-state index contributed by atoms with van der Waals surface area (Å²) in [6.07, 6.45) is 6.40. The fourth-order valence-electron chi connectivity index (χ4n) is 4.30. The molecular formula is C17H22N4. The molecule has 4 rings (SSSR count). The lowest BCUT2D eigenvalue weighted by Crippen LogP contribution is -2.32. The first-order valence-corrected chi connectivity index (χ1v) is 7.90. The largest absolute Gasteiger partial charge is 0.334 e. The predicted octanol–water partition coefficient (Wildman–Crippen LogP) is 2.38. The van der Waals surface area contributed by atoms with E-state index in [1.54, 1.807) is 0 Å². The van der Waals surface area contributed by atoms with Crippen molar-refractivity contribution >= 4 is 0 Å². The second-order valence-corrected chi connectivity index (χ2v) is 6.22. The lowest BCUT2D eigenvalue weighted by Gasteiger charge is -2.17. The molecule has 1 aromatic carbocycles. The average Bonchev–Trinajstić information content (AvgIpc) is 3.06. The van der Waals surface area contributed by atoms with Gasteiger partial charge in [0.25, 0.3) is 0 Å². The molecule has 1 aromatic heterocycles. The molecule has 21 heavy (non-hydrogen) atoms. The van der Waals surface area contributed by atoms with Crippen molar-refractivity contribution < 1.29 is 0 Å². The van der Waals surface area contributed by atoms with Gasteiger partial charge in [-0.2, -0.15) is 0 Å². The zero-order valence-electron chi connectivity index (χ0n) is 12.4. The lowest BCUT2D eigenvalue weighted by molar-refractivity contribution is 0.423. The molecule has 4 nitrogen and oxygen atoms in total. The summed E-state index contributed by atoms with van der Waals surface area (Å²) in [5, 5.41) is 0. The molecule has 4 unspecified atom stereocenters. The molecule has 0 amide bonds. The summed E-state index contributed by atoms with van der Waals surface area (Å²) in [5.74, 6) is 8.96. The van der Waals surface area contributed by atoms with Gasteiger partial charge in [-0.1, -0.05) is 24.3 Å². The zero-order valence-corrected chi connectivity index (χ0v) is 12.4. The van der Waals surface area contributed by atoms with Gasteiger partial charge in [0.05, 0.1) is 6.04 Å². The van der Waals surface area contributed by atoms with Crippen LogP contribution in [-0.2, 0) is 13.0 Å². The molecule has 2 aliphatic rings. The minimum absolute atomic E-state index is 0.154. The van der Waals surface area contributed by atoms with Crippen LogP contribution in [0.15, 0.2) is 36.7 Å². The second-order valence-electron chi connectivity index (χ2n) is 6.22. The summed E-state index contributed by atoms with van der Waals surface area (Å²) >= 11 is 0. The van der Waals surface area contributed by atoms with Crippen molar-refractivity contribution in [1.82, 2.24) is 15.0 Å². The monoisotopic (exact) mass is 282 g/mol. The number of hydrogen-bond donors (Lipinski definition) is 2. The Balaban J connectivity index is 1.66. The van der Waals surface area contributed by atoms with Crippen molar-refractivity contribution in [3.63, 3.8) is 0 Å². The van der Waals surface area contributed by atoms with Gasteiger partial charge in [-0.25, -0.2) is 10.4 Å². The van der Waals surface area contributed by atoms with Crippen LogP contribution in [0.2, 0.25) is 0 Å². The predicted molar refractivity (Wildman–Crippen MR) is 82.4 cm³/mol. The van der Waals surface area contributed by atoms with E-state index in [2.05, 4.69) is 46.2 Å². The topological polar surface area (TPSA) is 55.9 Å². The number of nitrogens with one attached hydrogen (secondary N) is 1. The van der Waals surface area contributed by atoms with Crippen LogP contribution in [0, 0.1) is 11.8 Å². The van der Waals surface area contributed by atoms with E-state index in [-0.39, 0.29) is 6.04 Å². The molecule has 0 saturated heterocycles. The van der Waals surface area contributed by atoms with Crippen molar-refractivity contribution in [2.75, 3.05) is 0 Å². The summed E-state index contributed by atoms with van der Waals surface area (Å²) in [6.45, 7) is 3.08. The summed E-state index contributed by atoms with van der Waals surface area (Å²) in [6, 6.07) is 9.04. The van der Waals surface area contributed by atoms with Crippen molar-refractivity contribution in [1.29, 1.82) is 0 Å². The van der Waals surface area contributed by atoms with Crippen LogP contribution in [0.3, 0.4) is 0 Å². The maximum Gasteiger partial charge on any atom is 0.127 e. The molecule has 4 atom stereocenters. The van der Waals surface area contributed by atoms with Gasteiger partial charge in [0.1, 0.15) is 5.82 Å².